The van der Waals surface area contributed by atoms with Crippen LogP contribution in [0.5, 0.6) is 11.5 Å². The maximum Gasteiger partial charge on any atom is 0.135 e. The van der Waals surface area contributed by atoms with Crippen LogP contribution < -0.4 is 4.74 Å². The van der Waals surface area contributed by atoms with Crippen LogP contribution in [-0.4, -0.2) is 0 Å². The third kappa shape index (κ3) is 2.87. The first kappa shape index (κ1) is 24.4. The van der Waals surface area contributed by atoms with Crippen LogP contribution in [0.3, 0.4) is 0 Å². The molecule has 2 aliphatic carbocycles. The molecule has 1 heterocycles. The molecule has 0 fully saturated rings. The van der Waals surface area contributed by atoms with Gasteiger partial charge in [-0.25, -0.2) is 0 Å². The van der Waals surface area contributed by atoms with Gasteiger partial charge in [0.2, 0.25) is 0 Å². The van der Waals surface area contributed by atoms with Gasteiger partial charge in [0.05, 0.1) is 5.41 Å². The topological polar surface area (TPSA) is 9.23 Å². The molecule has 46 heavy (non-hydrogen) atoms. The molecule has 3 aliphatic rings. The quantitative estimate of drug-likeness (QED) is 0.187. The molecule has 0 unspecified atom stereocenters. The Kier molecular flexibility index (Phi) is 4.57. The van der Waals surface area contributed by atoms with Gasteiger partial charge in [0.15, 0.2) is 0 Å². The van der Waals surface area contributed by atoms with Crippen LogP contribution in [0.1, 0.15) is 22.3 Å². The summed E-state index contributed by atoms with van der Waals surface area (Å²) in [6, 6.07) is 58.2. The maximum atomic E-state index is 6.59. The second-order valence-corrected chi connectivity index (χ2v) is 12.8. The maximum absolute atomic E-state index is 6.59. The summed E-state index contributed by atoms with van der Waals surface area (Å²) in [6.07, 6.45) is 0. The molecule has 0 saturated carbocycles. The average Bonchev–Trinajstić information content (AvgIpc) is 3.59. The molecule has 1 spiro atoms. The summed E-state index contributed by atoms with van der Waals surface area (Å²) in [5.41, 5.74) is 15.1. The Bertz CT molecular complexity index is 2570. The van der Waals surface area contributed by atoms with Crippen LogP contribution in [-0.2, 0) is 5.41 Å². The summed E-state index contributed by atoms with van der Waals surface area (Å²) in [7, 11) is 0. The fourth-order valence-corrected chi connectivity index (χ4v) is 8.94. The van der Waals surface area contributed by atoms with Crippen LogP contribution in [0.25, 0.3) is 66.1 Å². The average molecular weight is 583 g/mol. The molecule has 0 atom stereocenters. The van der Waals surface area contributed by atoms with Crippen molar-refractivity contribution in [2.75, 3.05) is 0 Å². The zero-order valence-electron chi connectivity index (χ0n) is 24.9. The molecule has 8 aromatic carbocycles. The second kappa shape index (κ2) is 8.62. The Labute approximate surface area is 267 Å². The largest absolute Gasteiger partial charge is 0.456 e. The molecule has 11 rings (SSSR count). The molecule has 212 valence electrons. The number of hydrogen-bond acceptors (Lipinski definition) is 1. The van der Waals surface area contributed by atoms with Gasteiger partial charge in [0, 0.05) is 10.9 Å². The lowest BCUT2D eigenvalue weighted by Gasteiger charge is -2.32. The minimum atomic E-state index is -0.424. The molecule has 0 radical (unpaired) electrons. The molecular formula is C45H26O. The zero-order valence-corrected chi connectivity index (χ0v) is 24.9. The van der Waals surface area contributed by atoms with Gasteiger partial charge in [-0.15, -0.1) is 0 Å². The Morgan fingerprint density at radius 2 is 1.00 bits per heavy atom. The van der Waals surface area contributed by atoms with Crippen LogP contribution in [0.2, 0.25) is 0 Å². The summed E-state index contributed by atoms with van der Waals surface area (Å²) in [4.78, 5) is 0. The Morgan fingerprint density at radius 3 is 1.85 bits per heavy atom. The van der Waals surface area contributed by atoms with Crippen LogP contribution in [0.15, 0.2) is 158 Å². The molecule has 1 nitrogen and oxygen atoms in total. The van der Waals surface area contributed by atoms with Gasteiger partial charge in [0.1, 0.15) is 11.5 Å². The van der Waals surface area contributed by atoms with Crippen molar-refractivity contribution < 1.29 is 4.74 Å². The van der Waals surface area contributed by atoms with E-state index >= 15 is 0 Å². The SMILES string of the molecule is c1ccc2c(c1)-c1ccccc1C21c2cc(-c3cccc4c3-c3cccc5cccc(c35)O4)ccc2-c2ccc3ccccc3c21. The van der Waals surface area contributed by atoms with Crippen molar-refractivity contribution >= 4 is 21.5 Å². The number of ether oxygens (including phenoxy) is 1. The fourth-order valence-electron chi connectivity index (χ4n) is 8.94. The molecule has 0 bridgehead atoms. The van der Waals surface area contributed by atoms with E-state index in [1.807, 2.05) is 0 Å². The third-order valence-corrected chi connectivity index (χ3v) is 10.7. The van der Waals surface area contributed by atoms with Crippen molar-refractivity contribution in [3.05, 3.63) is 180 Å². The predicted molar refractivity (Wildman–Crippen MR) is 189 cm³/mol. The highest BCUT2D eigenvalue weighted by molar-refractivity contribution is 6.08. The van der Waals surface area contributed by atoms with Gasteiger partial charge in [-0.05, 0) is 95.6 Å². The molecule has 0 amide bonds. The van der Waals surface area contributed by atoms with Gasteiger partial charge < -0.3 is 4.74 Å². The Balaban J connectivity index is 1.25. The van der Waals surface area contributed by atoms with E-state index in [4.69, 9.17) is 4.74 Å². The van der Waals surface area contributed by atoms with Gasteiger partial charge in [-0.2, -0.15) is 0 Å². The van der Waals surface area contributed by atoms with E-state index in [-0.39, 0.29) is 0 Å². The van der Waals surface area contributed by atoms with Gasteiger partial charge >= 0.3 is 0 Å². The lowest BCUT2D eigenvalue weighted by molar-refractivity contribution is 0.487. The Hall–Kier alpha value is -5.92. The van der Waals surface area contributed by atoms with Crippen molar-refractivity contribution in [1.82, 2.24) is 0 Å². The van der Waals surface area contributed by atoms with E-state index in [1.165, 1.54) is 82.7 Å². The molecule has 0 aromatic heterocycles. The van der Waals surface area contributed by atoms with Crippen LogP contribution in [0, 0.1) is 0 Å². The summed E-state index contributed by atoms with van der Waals surface area (Å²) in [5.74, 6) is 1.83. The summed E-state index contributed by atoms with van der Waals surface area (Å²) in [5, 5.41) is 4.97. The standard InChI is InChI=1S/C45H26O/c1-2-13-31-27(10-1)22-25-35-34-24-23-29(30-16-9-21-41-43(30)36-17-7-11-28-12-8-20-40(46-41)42(28)36)26-39(34)45(44(31)35)37-18-5-3-14-32(37)33-15-4-6-19-38(33)45/h1-26H. The monoisotopic (exact) mass is 582 g/mol. The third-order valence-electron chi connectivity index (χ3n) is 10.7. The van der Waals surface area contributed by atoms with Crippen molar-refractivity contribution in [3.8, 4) is 56.0 Å². The molecule has 0 N–H and O–H groups in total. The predicted octanol–water partition coefficient (Wildman–Crippen LogP) is 11.8. The van der Waals surface area contributed by atoms with E-state index < -0.39 is 5.41 Å². The zero-order chi connectivity index (χ0) is 30.0. The fraction of sp³-hybridized carbons (Fsp3) is 0.0222. The first-order valence-electron chi connectivity index (χ1n) is 16.0. The van der Waals surface area contributed by atoms with Gasteiger partial charge in [-0.1, -0.05) is 140 Å². The molecule has 8 aromatic rings. The van der Waals surface area contributed by atoms with E-state index in [1.54, 1.807) is 0 Å². The number of benzene rings is 8. The number of fused-ring (bicyclic) bond motifs is 14. The highest BCUT2D eigenvalue weighted by Gasteiger charge is 2.52. The first-order valence-corrected chi connectivity index (χ1v) is 16.0. The Morgan fingerprint density at radius 1 is 0.391 bits per heavy atom. The highest BCUT2D eigenvalue weighted by Crippen LogP contribution is 2.64. The highest BCUT2D eigenvalue weighted by atomic mass is 16.5. The van der Waals surface area contributed by atoms with Gasteiger partial charge in [-0.3, -0.25) is 0 Å². The van der Waals surface area contributed by atoms with Crippen molar-refractivity contribution in [1.29, 1.82) is 0 Å². The van der Waals surface area contributed by atoms with E-state index in [2.05, 4.69) is 158 Å². The molecule has 1 heteroatoms. The van der Waals surface area contributed by atoms with Crippen LogP contribution >= 0.6 is 0 Å². The lowest BCUT2D eigenvalue weighted by Crippen LogP contribution is -2.26. The van der Waals surface area contributed by atoms with Crippen molar-refractivity contribution in [2.45, 2.75) is 5.41 Å². The summed E-state index contributed by atoms with van der Waals surface area (Å²) >= 11 is 0. The van der Waals surface area contributed by atoms with E-state index in [9.17, 15) is 0 Å². The minimum Gasteiger partial charge on any atom is -0.456 e. The van der Waals surface area contributed by atoms with E-state index in [0.717, 1.165) is 17.1 Å². The lowest BCUT2D eigenvalue weighted by atomic mass is 9.69. The normalized spacial score (nSPS) is 14.0. The molecule has 0 saturated heterocycles. The second-order valence-electron chi connectivity index (χ2n) is 12.8. The van der Waals surface area contributed by atoms with Crippen molar-refractivity contribution in [3.63, 3.8) is 0 Å². The molecule has 1 aliphatic heterocycles. The van der Waals surface area contributed by atoms with Crippen LogP contribution in [0.4, 0.5) is 0 Å². The van der Waals surface area contributed by atoms with Crippen molar-refractivity contribution in [2.24, 2.45) is 0 Å². The van der Waals surface area contributed by atoms with E-state index in [0.29, 0.717) is 0 Å². The number of rotatable bonds is 1. The molecular weight excluding hydrogens is 556 g/mol. The summed E-state index contributed by atoms with van der Waals surface area (Å²) in [6.45, 7) is 0. The van der Waals surface area contributed by atoms with Gasteiger partial charge in [0.25, 0.3) is 0 Å². The first-order chi connectivity index (χ1) is 22.8. The smallest absolute Gasteiger partial charge is 0.135 e. The summed E-state index contributed by atoms with van der Waals surface area (Å²) < 4.78 is 6.59. The minimum absolute atomic E-state index is 0.424. The number of hydrogen-bond donors (Lipinski definition) is 0.